The normalized spacial score (nSPS) is 16.3. The number of benzene rings is 1. The van der Waals surface area contributed by atoms with Crippen molar-refractivity contribution < 1.29 is 9.59 Å². The van der Waals surface area contributed by atoms with Gasteiger partial charge in [-0.2, -0.15) is 0 Å². The summed E-state index contributed by atoms with van der Waals surface area (Å²) in [5, 5.41) is 0. The van der Waals surface area contributed by atoms with Gasteiger partial charge in [-0.1, -0.05) is 102 Å². The van der Waals surface area contributed by atoms with Gasteiger partial charge in [0, 0.05) is 22.3 Å². The molecule has 2 nitrogen and oxygen atoms in total. The maximum absolute atomic E-state index is 13.0. The van der Waals surface area contributed by atoms with Gasteiger partial charge in [0.2, 0.25) is 0 Å². The Hall–Kier alpha value is -1.96. The van der Waals surface area contributed by atoms with Gasteiger partial charge in [-0.3, -0.25) is 9.59 Å². The van der Waals surface area contributed by atoms with Crippen molar-refractivity contribution in [2.45, 2.75) is 113 Å². The second kappa shape index (κ2) is 13.8. The number of fused-ring (bicyclic) bond motifs is 1. The Balaban J connectivity index is 1.74. The summed E-state index contributed by atoms with van der Waals surface area (Å²) in [7, 11) is 0. The predicted octanol–water partition coefficient (Wildman–Crippen LogP) is 9.47. The Morgan fingerprint density at radius 3 is 2.00 bits per heavy atom. The van der Waals surface area contributed by atoms with Gasteiger partial charge in [-0.25, -0.2) is 0 Å². The van der Waals surface area contributed by atoms with Crippen molar-refractivity contribution in [2.75, 3.05) is 0 Å². The summed E-state index contributed by atoms with van der Waals surface area (Å²) >= 11 is 0. The summed E-state index contributed by atoms with van der Waals surface area (Å²) in [5.74, 6) is 2.49. The minimum Gasteiger partial charge on any atom is -0.289 e. The van der Waals surface area contributed by atoms with Gasteiger partial charge in [-0.15, -0.1) is 0 Å². The summed E-state index contributed by atoms with van der Waals surface area (Å²) in [6.07, 6.45) is 14.4. The topological polar surface area (TPSA) is 34.1 Å². The second-order valence-electron chi connectivity index (χ2n) is 11.4. The van der Waals surface area contributed by atoms with Crippen LogP contribution in [0.4, 0.5) is 0 Å². The quantitative estimate of drug-likeness (QED) is 0.257. The molecule has 0 saturated heterocycles. The van der Waals surface area contributed by atoms with Crippen LogP contribution in [0.25, 0.3) is 0 Å². The molecule has 0 N–H and O–H groups in total. The van der Waals surface area contributed by atoms with Gasteiger partial charge < -0.3 is 0 Å². The fourth-order valence-corrected chi connectivity index (χ4v) is 5.05. The van der Waals surface area contributed by atoms with Crippen molar-refractivity contribution in [1.29, 1.82) is 0 Å². The first kappa shape index (κ1) is 28.3. The Labute approximate surface area is 209 Å². The largest absolute Gasteiger partial charge is 0.289 e. The van der Waals surface area contributed by atoms with Crippen LogP contribution in [-0.4, -0.2) is 11.6 Å². The first-order valence-electron chi connectivity index (χ1n) is 13.7. The second-order valence-corrected chi connectivity index (χ2v) is 11.4. The fourth-order valence-electron chi connectivity index (χ4n) is 5.05. The summed E-state index contributed by atoms with van der Waals surface area (Å²) in [6.45, 7) is 15.4. The molecule has 0 spiro atoms. The minimum absolute atomic E-state index is 0.00119. The zero-order chi connectivity index (χ0) is 25.3. The average molecular weight is 465 g/mol. The van der Waals surface area contributed by atoms with Crippen LogP contribution in [0.2, 0.25) is 0 Å². The van der Waals surface area contributed by atoms with Crippen LogP contribution in [0, 0.1) is 24.7 Å². The third kappa shape index (κ3) is 8.67. The standard InChI is InChI=1S/C32H48O2/c1-22(2)11-8-12-23(3)13-9-14-24(4)15-10-16-25(5)17-19-28-27(7)31(33)29-20-18-26(6)21-30(29)32(28)34/h17-18,20-24H,8-16,19H2,1-7H3/t23-,24-/m1/s1. The maximum Gasteiger partial charge on any atom is 0.190 e. The van der Waals surface area contributed by atoms with E-state index in [0.717, 1.165) is 29.7 Å². The molecule has 0 heterocycles. The van der Waals surface area contributed by atoms with Gasteiger partial charge in [0.15, 0.2) is 11.6 Å². The van der Waals surface area contributed by atoms with Crippen LogP contribution in [0.15, 0.2) is 41.0 Å². The number of rotatable bonds is 14. The summed E-state index contributed by atoms with van der Waals surface area (Å²) in [5.41, 5.74) is 4.73. The molecule has 0 aromatic heterocycles. The SMILES string of the molecule is CC(=CCC1=C(C)C(=O)c2ccc(C)cc2C1=O)CCC[C@H](C)CCC[C@H](C)CCCC(C)C. The third-order valence-electron chi connectivity index (χ3n) is 7.53. The molecule has 2 atom stereocenters. The molecular weight excluding hydrogens is 416 g/mol. The lowest BCUT2D eigenvalue weighted by Gasteiger charge is -2.19. The predicted molar refractivity (Wildman–Crippen MR) is 146 cm³/mol. The van der Waals surface area contributed by atoms with Gasteiger partial charge >= 0.3 is 0 Å². The number of carbonyl (C=O) groups excluding carboxylic acids is 2. The van der Waals surface area contributed by atoms with Gasteiger partial charge in [0.05, 0.1) is 0 Å². The zero-order valence-electron chi connectivity index (χ0n) is 22.9. The van der Waals surface area contributed by atoms with Gasteiger partial charge in [0.25, 0.3) is 0 Å². The highest BCUT2D eigenvalue weighted by Gasteiger charge is 2.29. The molecule has 0 unspecified atom stereocenters. The van der Waals surface area contributed by atoms with Crippen LogP contribution < -0.4 is 0 Å². The number of allylic oxidation sites excluding steroid dienone is 4. The van der Waals surface area contributed by atoms with Crippen LogP contribution in [-0.2, 0) is 0 Å². The summed E-state index contributed by atoms with van der Waals surface area (Å²) in [6, 6.07) is 5.55. The minimum atomic E-state index is -0.00119. The first-order chi connectivity index (χ1) is 16.1. The van der Waals surface area contributed by atoms with E-state index in [4.69, 9.17) is 0 Å². The molecule has 0 bridgehead atoms. The number of ketones is 2. The van der Waals surface area contributed by atoms with E-state index in [0.29, 0.717) is 28.7 Å². The van der Waals surface area contributed by atoms with Crippen molar-refractivity contribution in [3.05, 3.63) is 57.7 Å². The lowest BCUT2D eigenvalue weighted by Crippen LogP contribution is -2.21. The van der Waals surface area contributed by atoms with E-state index in [1.807, 2.05) is 19.1 Å². The third-order valence-corrected chi connectivity index (χ3v) is 7.53. The molecule has 1 aromatic carbocycles. The lowest BCUT2D eigenvalue weighted by molar-refractivity contribution is 0.0973. The van der Waals surface area contributed by atoms with E-state index < -0.39 is 0 Å². The van der Waals surface area contributed by atoms with Crippen molar-refractivity contribution in [3.63, 3.8) is 0 Å². The van der Waals surface area contributed by atoms with Crippen molar-refractivity contribution in [2.24, 2.45) is 17.8 Å². The van der Waals surface area contributed by atoms with Crippen molar-refractivity contribution >= 4 is 11.6 Å². The molecule has 188 valence electrons. The van der Waals surface area contributed by atoms with Crippen LogP contribution >= 0.6 is 0 Å². The summed E-state index contributed by atoms with van der Waals surface area (Å²) in [4.78, 5) is 25.8. The van der Waals surface area contributed by atoms with Crippen LogP contribution in [0.3, 0.4) is 0 Å². The molecule has 2 rings (SSSR count). The zero-order valence-corrected chi connectivity index (χ0v) is 22.9. The molecular formula is C32H48O2. The molecule has 1 aromatic rings. The Bertz CT molecular complexity index is 900. The van der Waals surface area contributed by atoms with E-state index in [9.17, 15) is 9.59 Å². The number of Topliss-reactive ketones (excluding diaryl/α,β-unsaturated/α-hetero) is 2. The Morgan fingerprint density at radius 2 is 1.38 bits per heavy atom. The molecule has 34 heavy (non-hydrogen) atoms. The highest BCUT2D eigenvalue weighted by Crippen LogP contribution is 2.29. The van der Waals surface area contributed by atoms with E-state index >= 15 is 0 Å². The average Bonchev–Trinajstić information content (AvgIpc) is 2.77. The molecule has 0 aliphatic heterocycles. The monoisotopic (exact) mass is 464 g/mol. The van der Waals surface area contributed by atoms with Crippen molar-refractivity contribution in [3.8, 4) is 0 Å². The Kier molecular flexibility index (Phi) is 11.5. The highest BCUT2D eigenvalue weighted by molar-refractivity contribution is 6.26. The molecule has 0 fully saturated rings. The smallest absolute Gasteiger partial charge is 0.190 e. The molecule has 1 aliphatic carbocycles. The highest BCUT2D eigenvalue weighted by atomic mass is 16.1. The lowest BCUT2D eigenvalue weighted by atomic mass is 9.82. The fraction of sp³-hybridized carbons (Fsp3) is 0.625. The molecule has 0 saturated carbocycles. The number of hydrogen-bond acceptors (Lipinski definition) is 2. The van der Waals surface area contributed by atoms with Crippen molar-refractivity contribution in [1.82, 2.24) is 0 Å². The molecule has 1 aliphatic rings. The molecule has 2 heteroatoms. The van der Waals surface area contributed by atoms with E-state index in [2.05, 4.69) is 40.7 Å². The Morgan fingerprint density at radius 1 is 0.794 bits per heavy atom. The summed E-state index contributed by atoms with van der Waals surface area (Å²) < 4.78 is 0. The molecule has 0 amide bonds. The van der Waals surface area contributed by atoms with Crippen LogP contribution in [0.1, 0.15) is 132 Å². The van der Waals surface area contributed by atoms with E-state index in [-0.39, 0.29) is 11.6 Å². The van der Waals surface area contributed by atoms with Gasteiger partial charge in [0.1, 0.15) is 0 Å². The van der Waals surface area contributed by atoms with E-state index in [1.165, 1.54) is 56.9 Å². The van der Waals surface area contributed by atoms with Crippen LogP contribution in [0.5, 0.6) is 0 Å². The van der Waals surface area contributed by atoms with E-state index in [1.54, 1.807) is 13.0 Å². The number of hydrogen-bond donors (Lipinski definition) is 0. The number of aryl methyl sites for hydroxylation is 1. The first-order valence-corrected chi connectivity index (χ1v) is 13.7. The molecule has 0 radical (unpaired) electrons. The van der Waals surface area contributed by atoms with Gasteiger partial charge in [-0.05, 0) is 63.9 Å². The maximum atomic E-state index is 13.0. The number of carbonyl (C=O) groups is 2.